The van der Waals surface area contributed by atoms with Gasteiger partial charge in [-0.05, 0) is 50.0 Å². The summed E-state index contributed by atoms with van der Waals surface area (Å²) in [5.41, 5.74) is 1.13. The normalized spacial score (nSPS) is 19.5. The molecule has 2 fully saturated rings. The highest BCUT2D eigenvalue weighted by Gasteiger charge is 2.23. The predicted molar refractivity (Wildman–Crippen MR) is 116 cm³/mol. The Balaban J connectivity index is 0.00000196. The molecule has 160 valence electrons. The van der Waals surface area contributed by atoms with Crippen LogP contribution in [0, 0.1) is 5.92 Å². The second-order valence-corrected chi connectivity index (χ2v) is 7.23. The number of carbonyl (C=O) groups is 1. The second kappa shape index (κ2) is 12.4. The molecule has 1 N–H and O–H groups in total. The zero-order valence-corrected chi connectivity index (χ0v) is 18.4. The molecule has 2 heterocycles. The van der Waals surface area contributed by atoms with Crippen LogP contribution in [0.15, 0.2) is 18.2 Å². The lowest BCUT2D eigenvalue weighted by Crippen LogP contribution is -2.48. The summed E-state index contributed by atoms with van der Waals surface area (Å²) in [6.45, 7) is 6.42. The highest BCUT2D eigenvalue weighted by atomic mass is 35.5. The van der Waals surface area contributed by atoms with Gasteiger partial charge in [0, 0.05) is 44.7 Å². The van der Waals surface area contributed by atoms with E-state index in [9.17, 15) is 4.79 Å². The van der Waals surface area contributed by atoms with Gasteiger partial charge in [0.25, 0.3) is 0 Å². The van der Waals surface area contributed by atoms with Crippen molar-refractivity contribution in [1.29, 1.82) is 0 Å². The summed E-state index contributed by atoms with van der Waals surface area (Å²) in [4.78, 5) is 16.9. The lowest BCUT2D eigenvalue weighted by Gasteiger charge is -2.35. The van der Waals surface area contributed by atoms with E-state index in [1.165, 1.54) is 6.42 Å². The highest BCUT2D eigenvalue weighted by Crippen LogP contribution is 2.25. The van der Waals surface area contributed by atoms with Crippen molar-refractivity contribution in [1.82, 2.24) is 15.1 Å². The number of hydrogen-bond acceptors (Lipinski definition) is 5. The van der Waals surface area contributed by atoms with Crippen LogP contribution in [-0.4, -0.2) is 69.2 Å². The third kappa shape index (κ3) is 6.69. The third-order valence-corrected chi connectivity index (χ3v) is 5.54. The van der Waals surface area contributed by atoms with Gasteiger partial charge in [-0.25, -0.2) is 0 Å². The van der Waals surface area contributed by atoms with Crippen LogP contribution in [-0.2, 0) is 11.3 Å². The first-order chi connectivity index (χ1) is 12.7. The topological polar surface area (TPSA) is 54.0 Å². The van der Waals surface area contributed by atoms with Gasteiger partial charge in [-0.3, -0.25) is 9.69 Å². The van der Waals surface area contributed by atoms with Gasteiger partial charge >= 0.3 is 0 Å². The minimum absolute atomic E-state index is 0. The zero-order valence-electron chi connectivity index (χ0n) is 16.8. The number of benzene rings is 1. The van der Waals surface area contributed by atoms with Crippen LogP contribution in [0.2, 0.25) is 0 Å². The molecule has 0 bridgehead atoms. The maximum Gasteiger partial charge on any atom is 0.222 e. The molecule has 0 aromatic heterocycles. The van der Waals surface area contributed by atoms with E-state index in [0.717, 1.165) is 69.3 Å². The van der Waals surface area contributed by atoms with Crippen LogP contribution in [0.3, 0.4) is 0 Å². The first kappa shape index (κ1) is 24.8. The number of carbonyl (C=O) groups excluding carboxylic acids is 1. The molecule has 0 aliphatic carbocycles. The third-order valence-electron chi connectivity index (χ3n) is 5.54. The van der Waals surface area contributed by atoms with Gasteiger partial charge in [-0.2, -0.15) is 0 Å². The van der Waals surface area contributed by atoms with Gasteiger partial charge < -0.3 is 19.7 Å². The Hall–Kier alpha value is -1.21. The number of halogens is 2. The summed E-state index contributed by atoms with van der Waals surface area (Å²) in [6, 6.07) is 5.90. The molecule has 0 radical (unpaired) electrons. The molecule has 28 heavy (non-hydrogen) atoms. The Morgan fingerprint density at radius 1 is 1.14 bits per heavy atom. The van der Waals surface area contributed by atoms with Crippen molar-refractivity contribution in [2.45, 2.75) is 25.8 Å². The average molecular weight is 434 g/mol. The number of nitrogens with one attached hydrogen (secondary N) is 1. The molecule has 1 unspecified atom stereocenters. The first-order valence-corrected chi connectivity index (χ1v) is 9.61. The molecule has 1 atom stereocenters. The van der Waals surface area contributed by atoms with E-state index in [2.05, 4.69) is 10.2 Å². The minimum Gasteiger partial charge on any atom is -0.497 e. The van der Waals surface area contributed by atoms with Crippen molar-refractivity contribution in [3.8, 4) is 11.5 Å². The maximum absolute atomic E-state index is 12.5. The van der Waals surface area contributed by atoms with E-state index in [4.69, 9.17) is 9.47 Å². The van der Waals surface area contributed by atoms with Crippen LogP contribution in [0.25, 0.3) is 0 Å². The van der Waals surface area contributed by atoms with Crippen LogP contribution in [0.5, 0.6) is 11.5 Å². The molecule has 0 saturated carbocycles. The molecule has 1 aromatic carbocycles. The Bertz CT molecular complexity index is 604. The van der Waals surface area contributed by atoms with Gasteiger partial charge in [0.15, 0.2) is 0 Å². The number of nitrogens with zero attached hydrogens (tertiary/aromatic N) is 2. The number of methoxy groups -OCH3 is 2. The van der Waals surface area contributed by atoms with Crippen LogP contribution >= 0.6 is 24.8 Å². The Kier molecular flexibility index (Phi) is 11.0. The highest BCUT2D eigenvalue weighted by molar-refractivity contribution is 5.85. The number of rotatable bonds is 7. The second-order valence-electron chi connectivity index (χ2n) is 7.23. The van der Waals surface area contributed by atoms with Crippen LogP contribution < -0.4 is 14.8 Å². The van der Waals surface area contributed by atoms with E-state index in [-0.39, 0.29) is 24.8 Å². The quantitative estimate of drug-likeness (QED) is 0.715. The van der Waals surface area contributed by atoms with E-state index >= 15 is 0 Å². The van der Waals surface area contributed by atoms with E-state index in [0.29, 0.717) is 18.2 Å². The van der Waals surface area contributed by atoms with Crippen molar-refractivity contribution < 1.29 is 14.3 Å². The smallest absolute Gasteiger partial charge is 0.222 e. The summed E-state index contributed by atoms with van der Waals surface area (Å²) in [7, 11) is 3.37. The van der Waals surface area contributed by atoms with Gasteiger partial charge in [0.2, 0.25) is 5.91 Å². The Labute approximate surface area is 180 Å². The van der Waals surface area contributed by atoms with Crippen molar-refractivity contribution in [3.05, 3.63) is 23.8 Å². The SMILES string of the molecule is COc1ccc(OC)c(CN2CCN(C(=O)CCC3CCNC3)CC2)c1.Cl.Cl. The number of ether oxygens (including phenoxy) is 2. The van der Waals surface area contributed by atoms with E-state index in [1.54, 1.807) is 14.2 Å². The van der Waals surface area contributed by atoms with Gasteiger partial charge in [0.1, 0.15) is 11.5 Å². The average Bonchev–Trinajstić information content (AvgIpc) is 3.20. The molecule has 1 amide bonds. The Morgan fingerprint density at radius 2 is 1.89 bits per heavy atom. The fourth-order valence-electron chi connectivity index (χ4n) is 3.85. The lowest BCUT2D eigenvalue weighted by molar-refractivity contribution is -0.133. The largest absolute Gasteiger partial charge is 0.497 e. The fourth-order valence-corrected chi connectivity index (χ4v) is 3.85. The summed E-state index contributed by atoms with van der Waals surface area (Å²) in [6.07, 6.45) is 2.92. The summed E-state index contributed by atoms with van der Waals surface area (Å²) in [5, 5.41) is 3.37. The maximum atomic E-state index is 12.5. The molecule has 6 nitrogen and oxygen atoms in total. The predicted octanol–water partition coefficient (Wildman–Crippen LogP) is 2.58. The summed E-state index contributed by atoms with van der Waals surface area (Å²) >= 11 is 0. The number of amides is 1. The van der Waals surface area contributed by atoms with Crippen molar-refractivity contribution in [3.63, 3.8) is 0 Å². The van der Waals surface area contributed by atoms with Crippen LogP contribution in [0.4, 0.5) is 0 Å². The fraction of sp³-hybridized carbons (Fsp3) is 0.650. The molecule has 3 rings (SSSR count). The molecular formula is C20H33Cl2N3O3. The molecule has 2 aliphatic heterocycles. The van der Waals surface area contributed by atoms with Crippen molar-refractivity contribution in [2.24, 2.45) is 5.92 Å². The first-order valence-electron chi connectivity index (χ1n) is 9.61. The molecule has 1 aromatic rings. The molecular weight excluding hydrogens is 401 g/mol. The number of piperazine rings is 1. The lowest BCUT2D eigenvalue weighted by atomic mass is 10.0. The minimum atomic E-state index is 0. The Morgan fingerprint density at radius 3 is 2.50 bits per heavy atom. The van der Waals surface area contributed by atoms with Gasteiger partial charge in [-0.15, -0.1) is 24.8 Å². The molecule has 2 aliphatic rings. The van der Waals surface area contributed by atoms with Crippen molar-refractivity contribution >= 4 is 30.7 Å². The van der Waals surface area contributed by atoms with Crippen LogP contribution in [0.1, 0.15) is 24.8 Å². The summed E-state index contributed by atoms with van der Waals surface area (Å²) < 4.78 is 10.8. The number of hydrogen-bond donors (Lipinski definition) is 1. The molecule has 2 saturated heterocycles. The molecule has 0 spiro atoms. The van der Waals surface area contributed by atoms with E-state index < -0.39 is 0 Å². The van der Waals surface area contributed by atoms with Gasteiger partial charge in [0.05, 0.1) is 14.2 Å². The van der Waals surface area contributed by atoms with Gasteiger partial charge in [-0.1, -0.05) is 0 Å². The van der Waals surface area contributed by atoms with Crippen molar-refractivity contribution in [2.75, 3.05) is 53.5 Å². The molecule has 8 heteroatoms. The monoisotopic (exact) mass is 433 g/mol. The standard InChI is InChI=1S/C20H31N3O3.2ClH/c1-25-18-4-5-19(26-2)17(13-18)15-22-9-11-23(12-10-22)20(24)6-3-16-7-8-21-14-16;;/h4-5,13,16,21H,3,6-12,14-15H2,1-2H3;2*1H. The van der Waals surface area contributed by atoms with E-state index in [1.807, 2.05) is 23.1 Å². The summed E-state index contributed by atoms with van der Waals surface area (Å²) in [5.74, 6) is 2.72. The zero-order chi connectivity index (χ0) is 18.4.